The second-order valence-electron chi connectivity index (χ2n) is 1.87. The van der Waals surface area contributed by atoms with E-state index < -0.39 is 0 Å². The van der Waals surface area contributed by atoms with Crippen LogP contribution in [0, 0.1) is 5.92 Å². The Labute approximate surface area is 67.0 Å². The molecule has 0 aliphatic heterocycles. The van der Waals surface area contributed by atoms with Crippen molar-refractivity contribution in [3.63, 3.8) is 0 Å². The Balaban J connectivity index is 2.32. The van der Waals surface area contributed by atoms with E-state index in [1.165, 1.54) is 6.42 Å². The summed E-state index contributed by atoms with van der Waals surface area (Å²) in [5, 5.41) is 0. The molecule has 2 atom stereocenters. The number of alkyl halides is 1. The molecule has 1 fully saturated rings. The van der Waals surface area contributed by atoms with Crippen LogP contribution in [-0.2, 0) is 0 Å². The third kappa shape index (κ3) is 1.96. The first-order chi connectivity index (χ1) is 3.70. The maximum atomic E-state index is 5.38. The van der Waals surface area contributed by atoms with E-state index in [0.717, 1.165) is 0 Å². The molecular weight excluding hydrogens is 211 g/mol. The van der Waals surface area contributed by atoms with Gasteiger partial charge in [0, 0.05) is 4.83 Å². The maximum absolute atomic E-state index is 5.38. The molecule has 1 aliphatic carbocycles. The molecule has 0 unspecified atom stereocenters. The van der Waals surface area contributed by atoms with Crippen LogP contribution in [0.4, 0.5) is 0 Å². The zero-order chi connectivity index (χ0) is 6.15. The van der Waals surface area contributed by atoms with Gasteiger partial charge in [0.05, 0.1) is 0 Å². The van der Waals surface area contributed by atoms with Gasteiger partial charge in [-0.15, -0.1) is 0 Å². The van der Waals surface area contributed by atoms with Crippen molar-refractivity contribution in [3.8, 4) is 0 Å². The van der Waals surface area contributed by atoms with Gasteiger partial charge in [-0.1, -0.05) is 39.1 Å². The first-order valence-corrected chi connectivity index (χ1v) is 4.04. The lowest BCUT2D eigenvalue weighted by molar-refractivity contribution is 1.13. The number of allylic oxidation sites excluding steroid dienone is 1. The van der Waals surface area contributed by atoms with Gasteiger partial charge < -0.3 is 0 Å². The van der Waals surface area contributed by atoms with Crippen molar-refractivity contribution in [2.24, 2.45) is 5.92 Å². The quantitative estimate of drug-likeness (QED) is 0.590. The maximum Gasteiger partial charge on any atom is 0.103 e. The zero-order valence-corrected chi connectivity index (χ0v) is 7.17. The second-order valence-corrected chi connectivity index (χ2v) is 4.06. The predicted molar refractivity (Wildman–Crippen MR) is 40.6 cm³/mol. The fourth-order valence-electron chi connectivity index (χ4n) is 0.516. The van der Waals surface area contributed by atoms with Gasteiger partial charge in [0.25, 0.3) is 0 Å². The largest absolute Gasteiger partial charge is 0.103 e. The molecule has 1 rings (SSSR count). The Morgan fingerprint density at radius 2 is 2.12 bits per heavy atom. The molecule has 3 heteroatoms. The molecule has 0 amide bonds. The topological polar surface area (TPSA) is 0 Å². The summed E-state index contributed by atoms with van der Waals surface area (Å²) in [7, 11) is 0. The average molecular weight is 216 g/mol. The molecule has 0 spiro atoms. The van der Waals surface area contributed by atoms with Crippen LogP contribution in [-0.4, -0.2) is 4.83 Å². The van der Waals surface area contributed by atoms with E-state index in [4.69, 9.17) is 23.2 Å². The molecule has 46 valence electrons. The highest BCUT2D eigenvalue weighted by atomic mass is 79.9. The van der Waals surface area contributed by atoms with Crippen LogP contribution in [0.1, 0.15) is 6.42 Å². The third-order valence-electron chi connectivity index (χ3n) is 1.10. The Morgan fingerprint density at radius 1 is 1.62 bits per heavy atom. The summed E-state index contributed by atoms with van der Waals surface area (Å²) in [5.74, 6) is 0.583. The summed E-state index contributed by atoms with van der Waals surface area (Å²) in [6, 6.07) is 0. The number of hydrogen-bond acceptors (Lipinski definition) is 0. The Hall–Kier alpha value is 0.800. The van der Waals surface area contributed by atoms with E-state index in [0.29, 0.717) is 15.2 Å². The van der Waals surface area contributed by atoms with Crippen molar-refractivity contribution in [3.05, 3.63) is 10.6 Å². The lowest BCUT2D eigenvalue weighted by atomic mass is 10.4. The fourth-order valence-corrected chi connectivity index (χ4v) is 1.42. The van der Waals surface area contributed by atoms with Crippen LogP contribution >= 0.6 is 39.1 Å². The second kappa shape index (κ2) is 2.59. The molecule has 1 aliphatic rings. The predicted octanol–water partition coefficient (Wildman–Crippen LogP) is 3.09. The van der Waals surface area contributed by atoms with Gasteiger partial charge in [-0.05, 0) is 18.4 Å². The Kier molecular flexibility index (Phi) is 2.24. The number of rotatable bonds is 1. The molecule has 0 N–H and O–H groups in total. The summed E-state index contributed by atoms with van der Waals surface area (Å²) in [6.45, 7) is 0. The number of halogens is 3. The molecule has 1 saturated carbocycles. The summed E-state index contributed by atoms with van der Waals surface area (Å²) in [4.78, 5) is 0.620. The van der Waals surface area contributed by atoms with Crippen molar-refractivity contribution in [1.82, 2.24) is 0 Å². The number of hydrogen-bond donors (Lipinski definition) is 0. The van der Waals surface area contributed by atoms with Gasteiger partial charge in [0.15, 0.2) is 0 Å². The molecule has 8 heavy (non-hydrogen) atoms. The molecule has 0 aromatic carbocycles. The normalized spacial score (nSPS) is 34.4. The highest BCUT2D eigenvalue weighted by molar-refractivity contribution is 9.09. The lowest BCUT2D eigenvalue weighted by Gasteiger charge is -1.79. The third-order valence-corrected chi connectivity index (χ3v) is 2.40. The van der Waals surface area contributed by atoms with Crippen molar-refractivity contribution in [1.29, 1.82) is 0 Å². The highest BCUT2D eigenvalue weighted by Gasteiger charge is 2.32. The molecule has 0 aromatic heterocycles. The summed E-state index contributed by atoms with van der Waals surface area (Å²) in [5.41, 5.74) is 0. The van der Waals surface area contributed by atoms with E-state index >= 15 is 0 Å². The zero-order valence-electron chi connectivity index (χ0n) is 4.07. The van der Waals surface area contributed by atoms with Crippen LogP contribution in [0.5, 0.6) is 0 Å². The van der Waals surface area contributed by atoms with Crippen LogP contribution in [0.2, 0.25) is 0 Å². The van der Waals surface area contributed by atoms with Crippen molar-refractivity contribution >= 4 is 39.1 Å². The summed E-state index contributed by atoms with van der Waals surface area (Å²) >= 11 is 14.2. The van der Waals surface area contributed by atoms with Crippen LogP contribution < -0.4 is 0 Å². The minimum Gasteiger partial charge on any atom is -0.0884 e. The van der Waals surface area contributed by atoms with Gasteiger partial charge >= 0.3 is 0 Å². The van der Waals surface area contributed by atoms with Crippen molar-refractivity contribution in [2.75, 3.05) is 0 Å². The van der Waals surface area contributed by atoms with E-state index in [1.807, 2.05) is 6.08 Å². The highest BCUT2D eigenvalue weighted by Crippen LogP contribution is 2.40. The molecule has 0 aromatic rings. The minimum absolute atomic E-state index is 0.386. The van der Waals surface area contributed by atoms with Crippen LogP contribution in [0.15, 0.2) is 10.6 Å². The van der Waals surface area contributed by atoms with E-state index in [-0.39, 0.29) is 0 Å². The molecule has 0 nitrogen and oxygen atoms in total. The van der Waals surface area contributed by atoms with E-state index in [2.05, 4.69) is 15.9 Å². The average Bonchev–Trinajstić information content (AvgIpc) is 2.17. The Bertz CT molecular complexity index is 118. The standard InChI is InChI=1S/C5H5BrCl2/c6-4-1-3(4)2-5(7)8/h2-4H,1H2/t3-,4+/m0/s1. The molecule has 0 saturated heterocycles. The Morgan fingerprint density at radius 3 is 2.25 bits per heavy atom. The summed E-state index contributed by atoms with van der Waals surface area (Å²) in [6.07, 6.45) is 3.03. The van der Waals surface area contributed by atoms with Gasteiger partial charge in [0.1, 0.15) is 4.49 Å². The van der Waals surface area contributed by atoms with Gasteiger partial charge in [-0.3, -0.25) is 0 Å². The molecule has 0 heterocycles. The fraction of sp³-hybridized carbons (Fsp3) is 0.600. The van der Waals surface area contributed by atoms with Crippen molar-refractivity contribution in [2.45, 2.75) is 11.2 Å². The lowest BCUT2D eigenvalue weighted by Crippen LogP contribution is -1.68. The first kappa shape index (κ1) is 6.91. The SMILES string of the molecule is ClC(Cl)=C[C@@H]1C[C@H]1Br. The van der Waals surface area contributed by atoms with Crippen LogP contribution in [0.3, 0.4) is 0 Å². The van der Waals surface area contributed by atoms with Crippen molar-refractivity contribution < 1.29 is 0 Å². The van der Waals surface area contributed by atoms with Gasteiger partial charge in [-0.25, -0.2) is 0 Å². The monoisotopic (exact) mass is 214 g/mol. The smallest absolute Gasteiger partial charge is 0.0884 e. The summed E-state index contributed by atoms with van der Waals surface area (Å²) < 4.78 is 0.386. The molecule has 0 radical (unpaired) electrons. The van der Waals surface area contributed by atoms with Crippen LogP contribution in [0.25, 0.3) is 0 Å². The minimum atomic E-state index is 0.386. The van der Waals surface area contributed by atoms with Gasteiger partial charge in [0.2, 0.25) is 0 Å². The molecule has 0 bridgehead atoms. The van der Waals surface area contributed by atoms with E-state index in [1.54, 1.807) is 0 Å². The molecular formula is C5H5BrCl2. The van der Waals surface area contributed by atoms with Gasteiger partial charge in [-0.2, -0.15) is 0 Å². The first-order valence-electron chi connectivity index (χ1n) is 2.37. The van der Waals surface area contributed by atoms with E-state index in [9.17, 15) is 0 Å².